The van der Waals surface area contributed by atoms with Crippen LogP contribution >= 0.6 is 0 Å². The smallest absolute Gasteiger partial charge is 0.138 e. The van der Waals surface area contributed by atoms with Gasteiger partial charge in [-0.25, -0.2) is 0 Å². The highest BCUT2D eigenvalue weighted by molar-refractivity contribution is 5.80. The van der Waals surface area contributed by atoms with E-state index in [1.165, 1.54) is 57.8 Å². The van der Waals surface area contributed by atoms with Crippen molar-refractivity contribution in [1.82, 2.24) is 4.98 Å². The summed E-state index contributed by atoms with van der Waals surface area (Å²) in [5, 5.41) is 0. The molecule has 1 heterocycles. The fourth-order valence-electron chi connectivity index (χ4n) is 2.60. The average molecular weight is 289 g/mol. The highest BCUT2D eigenvalue weighted by Crippen LogP contribution is 2.11. The van der Waals surface area contributed by atoms with Crippen molar-refractivity contribution in [3.8, 4) is 0 Å². The fraction of sp³-hybridized carbons (Fsp3) is 0.684. The molecule has 1 aromatic rings. The van der Waals surface area contributed by atoms with Gasteiger partial charge in [0.25, 0.3) is 0 Å². The van der Waals surface area contributed by atoms with E-state index in [0.717, 1.165) is 12.1 Å². The quantitative estimate of drug-likeness (QED) is 0.448. The van der Waals surface area contributed by atoms with E-state index < -0.39 is 0 Å². The van der Waals surface area contributed by atoms with Gasteiger partial charge < -0.3 is 0 Å². The minimum atomic E-state index is 0.327. The van der Waals surface area contributed by atoms with Gasteiger partial charge in [0.15, 0.2) is 0 Å². The molecule has 0 atom stereocenters. The topological polar surface area (TPSA) is 30.0 Å². The molecule has 0 unspecified atom stereocenters. The second-order valence-corrected chi connectivity index (χ2v) is 5.97. The molecular weight excluding hydrogens is 258 g/mol. The number of aromatic nitrogens is 1. The molecule has 21 heavy (non-hydrogen) atoms. The molecule has 0 aliphatic heterocycles. The lowest BCUT2D eigenvalue weighted by Gasteiger charge is -2.03. The highest BCUT2D eigenvalue weighted by atomic mass is 16.1. The lowest BCUT2D eigenvalue weighted by molar-refractivity contribution is -0.118. The van der Waals surface area contributed by atoms with Crippen molar-refractivity contribution < 1.29 is 4.79 Å². The van der Waals surface area contributed by atoms with E-state index in [0.29, 0.717) is 18.6 Å². The standard InChI is InChI=1S/C19H31NO/c1-2-3-4-5-6-7-8-9-10-11-15-19(21)17-18-14-12-13-16-20-18/h12-14,16H,2-11,15,17H2,1H3. The average Bonchev–Trinajstić information content (AvgIpc) is 2.50. The van der Waals surface area contributed by atoms with Crippen LogP contribution in [0.5, 0.6) is 0 Å². The summed E-state index contributed by atoms with van der Waals surface area (Å²) in [7, 11) is 0. The number of unbranched alkanes of at least 4 members (excludes halogenated alkanes) is 9. The molecule has 118 valence electrons. The van der Waals surface area contributed by atoms with Crippen LogP contribution in [0.25, 0.3) is 0 Å². The van der Waals surface area contributed by atoms with Gasteiger partial charge in [-0.1, -0.05) is 70.8 Å². The Balaban J connectivity index is 1.89. The van der Waals surface area contributed by atoms with Gasteiger partial charge in [0.1, 0.15) is 5.78 Å². The maximum Gasteiger partial charge on any atom is 0.138 e. The minimum absolute atomic E-state index is 0.327. The molecule has 1 rings (SSSR count). The molecule has 0 saturated heterocycles. The first kappa shape index (κ1) is 17.9. The van der Waals surface area contributed by atoms with E-state index >= 15 is 0 Å². The molecule has 0 aliphatic carbocycles. The van der Waals surface area contributed by atoms with Crippen LogP contribution in [0.1, 0.15) is 83.2 Å². The van der Waals surface area contributed by atoms with Crippen LogP contribution in [-0.2, 0) is 11.2 Å². The van der Waals surface area contributed by atoms with E-state index in [2.05, 4.69) is 11.9 Å². The zero-order valence-corrected chi connectivity index (χ0v) is 13.7. The largest absolute Gasteiger partial charge is 0.299 e. The Hall–Kier alpha value is -1.18. The Bertz CT molecular complexity index is 361. The van der Waals surface area contributed by atoms with Gasteiger partial charge in [-0.15, -0.1) is 0 Å². The number of hydrogen-bond acceptors (Lipinski definition) is 2. The van der Waals surface area contributed by atoms with Crippen molar-refractivity contribution in [2.75, 3.05) is 0 Å². The Morgan fingerprint density at radius 1 is 0.905 bits per heavy atom. The summed E-state index contributed by atoms with van der Waals surface area (Å²) in [4.78, 5) is 16.0. The van der Waals surface area contributed by atoms with E-state index in [1.807, 2.05) is 18.2 Å². The summed E-state index contributed by atoms with van der Waals surface area (Å²) in [5.74, 6) is 0.327. The molecule has 0 aliphatic rings. The summed E-state index contributed by atoms with van der Waals surface area (Å²) < 4.78 is 0. The lowest BCUT2D eigenvalue weighted by Crippen LogP contribution is -2.03. The van der Waals surface area contributed by atoms with Gasteiger partial charge in [-0.3, -0.25) is 9.78 Å². The predicted octanol–water partition coefficient (Wildman–Crippen LogP) is 5.50. The van der Waals surface area contributed by atoms with Crippen molar-refractivity contribution in [2.24, 2.45) is 0 Å². The van der Waals surface area contributed by atoms with Crippen LogP contribution in [0.2, 0.25) is 0 Å². The number of nitrogens with zero attached hydrogens (tertiary/aromatic N) is 1. The van der Waals surface area contributed by atoms with Gasteiger partial charge in [-0.05, 0) is 18.6 Å². The molecule has 0 spiro atoms. The molecule has 0 saturated carbocycles. The molecule has 0 bridgehead atoms. The second-order valence-electron chi connectivity index (χ2n) is 5.97. The molecule has 0 N–H and O–H groups in total. The van der Waals surface area contributed by atoms with Crippen LogP contribution in [0.3, 0.4) is 0 Å². The first-order chi connectivity index (χ1) is 10.3. The zero-order chi connectivity index (χ0) is 15.2. The number of ketones is 1. The Morgan fingerprint density at radius 2 is 1.52 bits per heavy atom. The maximum atomic E-state index is 11.8. The van der Waals surface area contributed by atoms with Crippen LogP contribution in [0.15, 0.2) is 24.4 Å². The Labute approximate surface area is 130 Å². The fourth-order valence-corrected chi connectivity index (χ4v) is 2.60. The van der Waals surface area contributed by atoms with Crippen LogP contribution in [0, 0.1) is 0 Å². The third-order valence-corrected chi connectivity index (χ3v) is 3.91. The molecule has 2 heteroatoms. The van der Waals surface area contributed by atoms with E-state index in [-0.39, 0.29) is 0 Å². The number of Topliss-reactive ketones (excluding diaryl/α,β-unsaturated/α-hetero) is 1. The zero-order valence-electron chi connectivity index (χ0n) is 13.7. The van der Waals surface area contributed by atoms with Crippen molar-refractivity contribution in [3.63, 3.8) is 0 Å². The molecule has 0 fully saturated rings. The van der Waals surface area contributed by atoms with E-state index in [9.17, 15) is 4.79 Å². The van der Waals surface area contributed by atoms with Gasteiger partial charge in [-0.2, -0.15) is 0 Å². The van der Waals surface area contributed by atoms with Gasteiger partial charge in [0, 0.05) is 24.7 Å². The van der Waals surface area contributed by atoms with Crippen LogP contribution in [-0.4, -0.2) is 10.8 Å². The minimum Gasteiger partial charge on any atom is -0.299 e. The lowest BCUT2D eigenvalue weighted by atomic mass is 10.0. The normalized spacial score (nSPS) is 10.7. The molecule has 2 nitrogen and oxygen atoms in total. The van der Waals surface area contributed by atoms with Crippen LogP contribution in [0.4, 0.5) is 0 Å². The SMILES string of the molecule is CCCCCCCCCCCCC(=O)Cc1ccccn1. The summed E-state index contributed by atoms with van der Waals surface area (Å²) in [6, 6.07) is 5.75. The molecular formula is C19H31NO. The number of rotatable bonds is 13. The first-order valence-electron chi connectivity index (χ1n) is 8.74. The number of carbonyl (C=O) groups is 1. The van der Waals surface area contributed by atoms with Crippen molar-refractivity contribution in [2.45, 2.75) is 84.0 Å². The number of pyridine rings is 1. The van der Waals surface area contributed by atoms with Gasteiger partial charge in [0.05, 0.1) is 0 Å². The summed E-state index contributed by atoms with van der Waals surface area (Å²) in [6.45, 7) is 2.26. The summed E-state index contributed by atoms with van der Waals surface area (Å²) >= 11 is 0. The number of carbonyl (C=O) groups excluding carboxylic acids is 1. The molecule has 0 radical (unpaired) electrons. The van der Waals surface area contributed by atoms with E-state index in [4.69, 9.17) is 0 Å². The predicted molar refractivity (Wildman–Crippen MR) is 89.4 cm³/mol. The van der Waals surface area contributed by atoms with Crippen molar-refractivity contribution in [1.29, 1.82) is 0 Å². The number of hydrogen-bond donors (Lipinski definition) is 0. The van der Waals surface area contributed by atoms with Crippen LogP contribution < -0.4 is 0 Å². The Morgan fingerprint density at radius 3 is 2.10 bits per heavy atom. The highest BCUT2D eigenvalue weighted by Gasteiger charge is 2.04. The Kier molecular flexibility index (Phi) is 10.7. The molecule has 1 aromatic heterocycles. The molecule has 0 aromatic carbocycles. The second kappa shape index (κ2) is 12.6. The maximum absolute atomic E-state index is 11.8. The van der Waals surface area contributed by atoms with Gasteiger partial charge >= 0.3 is 0 Å². The van der Waals surface area contributed by atoms with Crippen molar-refractivity contribution in [3.05, 3.63) is 30.1 Å². The summed E-state index contributed by atoms with van der Waals surface area (Å²) in [6.07, 6.45) is 16.1. The summed E-state index contributed by atoms with van der Waals surface area (Å²) in [5.41, 5.74) is 0.898. The third kappa shape index (κ3) is 10.2. The van der Waals surface area contributed by atoms with Gasteiger partial charge in [0.2, 0.25) is 0 Å². The monoisotopic (exact) mass is 289 g/mol. The third-order valence-electron chi connectivity index (χ3n) is 3.91. The first-order valence-corrected chi connectivity index (χ1v) is 8.74. The molecule has 0 amide bonds. The van der Waals surface area contributed by atoms with E-state index in [1.54, 1.807) is 6.20 Å². The van der Waals surface area contributed by atoms with Crippen molar-refractivity contribution >= 4 is 5.78 Å².